The maximum Gasteiger partial charge on any atom is 0.279 e. The van der Waals surface area contributed by atoms with E-state index < -0.39 is 5.79 Å². The Kier molecular flexibility index (Phi) is 4.27. The summed E-state index contributed by atoms with van der Waals surface area (Å²) in [4.78, 5) is 16.6. The number of carbonyl (C=O) groups is 1. The van der Waals surface area contributed by atoms with Crippen LogP contribution in [-0.2, 0) is 0 Å². The molecule has 0 radical (unpaired) electrons. The number of aryl methyl sites for hydroxylation is 1. The summed E-state index contributed by atoms with van der Waals surface area (Å²) in [5, 5.41) is 7.00. The molecular weight excluding hydrogens is 382 g/mol. The van der Waals surface area contributed by atoms with Gasteiger partial charge in [-0.05, 0) is 32.0 Å². The van der Waals surface area contributed by atoms with Gasteiger partial charge in [-0.25, -0.2) is 4.98 Å². The highest BCUT2D eigenvalue weighted by Gasteiger charge is 2.32. The van der Waals surface area contributed by atoms with Gasteiger partial charge in [0.2, 0.25) is 5.79 Å². The van der Waals surface area contributed by atoms with Crippen molar-refractivity contribution in [2.45, 2.75) is 33.5 Å². The molecule has 1 amide bonds. The smallest absolute Gasteiger partial charge is 0.279 e. The fraction of sp³-hybridized carbons (Fsp3) is 0.250. The number of nitrogens with zero attached hydrogens (tertiary/aromatic N) is 2. The zero-order valence-electron chi connectivity index (χ0n) is 15.8. The van der Waals surface area contributed by atoms with Gasteiger partial charge >= 0.3 is 0 Å². The number of halogens is 1. The lowest BCUT2D eigenvalue weighted by Crippen LogP contribution is -2.29. The number of benzene rings is 1. The molecule has 3 aromatic rings. The Morgan fingerprint density at radius 2 is 1.86 bits per heavy atom. The van der Waals surface area contributed by atoms with E-state index in [2.05, 4.69) is 15.5 Å². The van der Waals surface area contributed by atoms with Crippen molar-refractivity contribution in [2.24, 2.45) is 0 Å². The first-order chi connectivity index (χ1) is 13.2. The van der Waals surface area contributed by atoms with Gasteiger partial charge in [0, 0.05) is 42.8 Å². The molecule has 0 spiro atoms. The summed E-state index contributed by atoms with van der Waals surface area (Å²) in [6.45, 7) is 7.19. The quantitative estimate of drug-likeness (QED) is 0.682. The number of fused-ring (bicyclic) bond motifs is 1. The Morgan fingerprint density at radius 1 is 1.14 bits per heavy atom. The van der Waals surface area contributed by atoms with Crippen molar-refractivity contribution >= 4 is 23.3 Å². The predicted octanol–water partition coefficient (Wildman–Crippen LogP) is 4.77. The van der Waals surface area contributed by atoms with Gasteiger partial charge < -0.3 is 19.3 Å². The second kappa shape index (κ2) is 6.53. The number of pyridine rings is 1. The maximum absolute atomic E-state index is 12.3. The summed E-state index contributed by atoms with van der Waals surface area (Å²) in [5.41, 5.74) is 2.48. The predicted molar refractivity (Wildman–Crippen MR) is 104 cm³/mol. The minimum absolute atomic E-state index is 0.241. The molecule has 3 heterocycles. The monoisotopic (exact) mass is 399 g/mol. The minimum atomic E-state index is -0.728. The number of hydrogen-bond donors (Lipinski definition) is 1. The largest absolute Gasteiger partial charge is 0.449 e. The Morgan fingerprint density at radius 3 is 2.46 bits per heavy atom. The third-order valence-electron chi connectivity index (χ3n) is 4.43. The lowest BCUT2D eigenvalue weighted by atomic mass is 10.1. The van der Waals surface area contributed by atoms with E-state index in [1.165, 1.54) is 0 Å². The lowest BCUT2D eigenvalue weighted by molar-refractivity contribution is -0.0431. The first-order valence-corrected chi connectivity index (χ1v) is 9.03. The summed E-state index contributed by atoms with van der Waals surface area (Å²) in [7, 11) is 0. The summed E-state index contributed by atoms with van der Waals surface area (Å²) in [5.74, 6) is 1.13. The van der Waals surface area contributed by atoms with Crippen molar-refractivity contribution in [3.05, 3.63) is 52.5 Å². The number of hydrogen-bond acceptors (Lipinski definition) is 6. The molecule has 0 saturated heterocycles. The van der Waals surface area contributed by atoms with Crippen LogP contribution in [0.25, 0.3) is 11.1 Å². The van der Waals surface area contributed by atoms with E-state index in [9.17, 15) is 4.79 Å². The molecule has 1 aliphatic rings. The molecule has 144 valence electrons. The van der Waals surface area contributed by atoms with Gasteiger partial charge in [0.1, 0.15) is 11.6 Å². The van der Waals surface area contributed by atoms with E-state index in [1.54, 1.807) is 32.2 Å². The highest BCUT2D eigenvalue weighted by molar-refractivity contribution is 6.33. The van der Waals surface area contributed by atoms with Crippen LogP contribution in [-0.4, -0.2) is 21.8 Å². The van der Waals surface area contributed by atoms with Crippen LogP contribution >= 0.6 is 11.6 Å². The average Bonchev–Trinajstić information content (AvgIpc) is 3.12. The second-order valence-electron chi connectivity index (χ2n) is 6.98. The molecule has 0 atom stereocenters. The van der Waals surface area contributed by atoms with Crippen LogP contribution in [0.4, 0.5) is 5.82 Å². The molecule has 8 heteroatoms. The van der Waals surface area contributed by atoms with E-state index in [0.717, 1.165) is 11.1 Å². The van der Waals surface area contributed by atoms with Gasteiger partial charge in [-0.15, -0.1) is 0 Å². The molecule has 1 aromatic carbocycles. The average molecular weight is 400 g/mol. The Bertz CT molecular complexity index is 1070. The Labute approximate surface area is 166 Å². The number of amides is 1. The van der Waals surface area contributed by atoms with Gasteiger partial charge in [-0.3, -0.25) is 4.79 Å². The third kappa shape index (κ3) is 3.29. The van der Waals surface area contributed by atoms with Gasteiger partial charge in [-0.2, -0.15) is 0 Å². The third-order valence-corrected chi connectivity index (χ3v) is 4.75. The molecular formula is C20H18ClN3O4. The highest BCUT2D eigenvalue weighted by Crippen LogP contribution is 2.44. The number of rotatable bonds is 3. The number of anilines is 1. The Hall–Kier alpha value is -3.06. The van der Waals surface area contributed by atoms with Crippen molar-refractivity contribution < 1.29 is 18.8 Å². The van der Waals surface area contributed by atoms with Gasteiger partial charge in [-0.1, -0.05) is 16.8 Å². The number of ether oxygens (including phenoxy) is 2. The molecule has 0 unspecified atom stereocenters. The molecule has 0 aliphatic carbocycles. The standard InChI is InChI=1S/C20H18ClN3O4/c1-10-11(2)28-24-18(10)19(25)23-17-6-5-12(9-22-17)13-7-15-16(8-14(13)21)27-20(3,4)26-15/h5-9H,1-4H3,(H,22,23,25). The number of nitrogens with one attached hydrogen (secondary N) is 1. The van der Waals surface area contributed by atoms with E-state index in [4.69, 9.17) is 25.6 Å². The Balaban J connectivity index is 1.56. The first-order valence-electron chi connectivity index (χ1n) is 8.66. The maximum atomic E-state index is 12.3. The zero-order chi connectivity index (χ0) is 20.1. The molecule has 0 bridgehead atoms. The van der Waals surface area contributed by atoms with Crippen LogP contribution in [0.15, 0.2) is 35.0 Å². The normalized spacial score (nSPS) is 14.2. The van der Waals surface area contributed by atoms with E-state index in [-0.39, 0.29) is 11.6 Å². The summed E-state index contributed by atoms with van der Waals surface area (Å²) in [6, 6.07) is 7.06. The molecule has 2 aromatic heterocycles. The zero-order valence-corrected chi connectivity index (χ0v) is 16.5. The van der Waals surface area contributed by atoms with E-state index in [0.29, 0.717) is 33.7 Å². The van der Waals surface area contributed by atoms with E-state index >= 15 is 0 Å². The fourth-order valence-electron chi connectivity index (χ4n) is 2.90. The van der Waals surface area contributed by atoms with Crippen LogP contribution < -0.4 is 14.8 Å². The summed E-state index contributed by atoms with van der Waals surface area (Å²) in [6.07, 6.45) is 1.63. The van der Waals surface area contributed by atoms with Gasteiger partial charge in [0.25, 0.3) is 5.91 Å². The van der Waals surface area contributed by atoms with Crippen LogP contribution in [0.3, 0.4) is 0 Å². The van der Waals surface area contributed by atoms with Crippen LogP contribution in [0.5, 0.6) is 11.5 Å². The second-order valence-corrected chi connectivity index (χ2v) is 7.39. The summed E-state index contributed by atoms with van der Waals surface area (Å²) < 4.78 is 16.5. The highest BCUT2D eigenvalue weighted by atomic mass is 35.5. The van der Waals surface area contributed by atoms with Crippen molar-refractivity contribution in [1.82, 2.24) is 10.1 Å². The number of carbonyl (C=O) groups excluding carboxylic acids is 1. The van der Waals surface area contributed by atoms with Gasteiger partial charge in [0.15, 0.2) is 17.2 Å². The molecule has 0 saturated carbocycles. The summed E-state index contributed by atoms with van der Waals surface area (Å²) >= 11 is 6.41. The molecule has 1 aliphatic heterocycles. The first kappa shape index (κ1) is 18.3. The van der Waals surface area contributed by atoms with Gasteiger partial charge in [0.05, 0.1) is 5.02 Å². The minimum Gasteiger partial charge on any atom is -0.449 e. The van der Waals surface area contributed by atoms with Crippen LogP contribution in [0.1, 0.15) is 35.7 Å². The molecule has 28 heavy (non-hydrogen) atoms. The van der Waals surface area contributed by atoms with Crippen molar-refractivity contribution in [1.29, 1.82) is 0 Å². The number of aromatic nitrogens is 2. The molecule has 7 nitrogen and oxygen atoms in total. The molecule has 1 N–H and O–H groups in total. The SMILES string of the molecule is Cc1onc(C(=O)Nc2ccc(-c3cc4c(cc3Cl)OC(C)(C)O4)cn2)c1C. The lowest BCUT2D eigenvalue weighted by Gasteiger charge is -2.16. The van der Waals surface area contributed by atoms with Crippen molar-refractivity contribution in [3.8, 4) is 22.6 Å². The molecule has 4 rings (SSSR count). The molecule has 0 fully saturated rings. The van der Waals surface area contributed by atoms with Crippen LogP contribution in [0, 0.1) is 13.8 Å². The van der Waals surface area contributed by atoms with Crippen molar-refractivity contribution in [3.63, 3.8) is 0 Å². The topological polar surface area (TPSA) is 86.5 Å². The van der Waals surface area contributed by atoms with Crippen LogP contribution in [0.2, 0.25) is 5.02 Å². The van der Waals surface area contributed by atoms with Crippen molar-refractivity contribution in [2.75, 3.05) is 5.32 Å². The fourth-order valence-corrected chi connectivity index (χ4v) is 3.16. The van der Waals surface area contributed by atoms with E-state index in [1.807, 2.05) is 26.0 Å².